The summed E-state index contributed by atoms with van der Waals surface area (Å²) in [5, 5.41) is 20.4. The van der Waals surface area contributed by atoms with Gasteiger partial charge in [-0.2, -0.15) is 5.10 Å². The zero-order valence-electron chi connectivity index (χ0n) is 12.2. The van der Waals surface area contributed by atoms with Crippen molar-refractivity contribution in [1.82, 2.24) is 5.32 Å². The van der Waals surface area contributed by atoms with Crippen LogP contribution in [0.5, 0.6) is 0 Å². The first-order chi connectivity index (χ1) is 10.5. The minimum atomic E-state index is -1.26. The number of carboxylic acids is 1. The first-order valence-corrected chi connectivity index (χ1v) is 7.52. The van der Waals surface area contributed by atoms with E-state index in [-0.39, 0.29) is 12.3 Å². The number of carbonyl (C=O) groups excluding carboxylic acids is 2. The summed E-state index contributed by atoms with van der Waals surface area (Å²) in [6.07, 6.45) is 1.23. The monoisotopic (exact) mass is 320 g/mol. The van der Waals surface area contributed by atoms with Gasteiger partial charge in [-0.25, -0.2) is 0 Å². The molecular formula is C14H16N4O3S. The number of quaternary nitrogens is 1. The van der Waals surface area contributed by atoms with E-state index in [1.54, 1.807) is 6.21 Å². The Morgan fingerprint density at radius 2 is 2.09 bits per heavy atom. The van der Waals surface area contributed by atoms with Crippen molar-refractivity contribution in [2.24, 2.45) is 10.2 Å². The number of thioether (sulfide) groups is 1. The molecule has 2 N–H and O–H groups in total. The van der Waals surface area contributed by atoms with Gasteiger partial charge in [0.15, 0.2) is 5.17 Å². The largest absolute Gasteiger partial charge is 0.550 e. The van der Waals surface area contributed by atoms with Crippen LogP contribution in [-0.2, 0) is 9.59 Å². The molecule has 1 aliphatic rings. The Hall–Kier alpha value is -2.19. The quantitative estimate of drug-likeness (QED) is 0.511. The van der Waals surface area contributed by atoms with Gasteiger partial charge >= 0.3 is 0 Å². The second-order valence-corrected chi connectivity index (χ2v) is 6.14. The molecule has 1 atom stereocenters. The molecular weight excluding hydrogens is 304 g/mol. The lowest BCUT2D eigenvalue weighted by Gasteiger charge is -2.05. The molecule has 0 aromatic heterocycles. The van der Waals surface area contributed by atoms with Crippen molar-refractivity contribution >= 4 is 40.7 Å². The van der Waals surface area contributed by atoms with Crippen molar-refractivity contribution in [2.75, 3.05) is 14.1 Å². The van der Waals surface area contributed by atoms with E-state index in [1.165, 1.54) is 4.90 Å². The summed E-state index contributed by atoms with van der Waals surface area (Å²) in [5.74, 6) is -1.65. The maximum Gasteiger partial charge on any atom is 0.239 e. The summed E-state index contributed by atoms with van der Waals surface area (Å²) < 4.78 is 0. The van der Waals surface area contributed by atoms with E-state index in [4.69, 9.17) is 0 Å². The highest BCUT2D eigenvalue weighted by Gasteiger charge is 2.30. The topological polar surface area (TPSA) is 98.4 Å². The van der Waals surface area contributed by atoms with Crippen LogP contribution in [0.4, 0.5) is 5.69 Å². The molecule has 1 aromatic rings. The van der Waals surface area contributed by atoms with E-state index in [9.17, 15) is 14.7 Å². The standard InChI is InChI=1S/C14H16N4O3S/c1-18(2)10-5-3-9(4-6-10)8-15-17-14-16-13(21)11(22-14)7-12(19)20/h3-6,8,11H,7H2,1-2H3,(H,19,20)(H,16,17,21). The predicted molar refractivity (Wildman–Crippen MR) is 83.1 cm³/mol. The van der Waals surface area contributed by atoms with E-state index in [2.05, 4.69) is 15.5 Å². The molecule has 116 valence electrons. The molecule has 0 saturated carbocycles. The van der Waals surface area contributed by atoms with Crippen LogP contribution in [0.15, 0.2) is 34.5 Å². The van der Waals surface area contributed by atoms with E-state index < -0.39 is 11.2 Å². The molecule has 1 heterocycles. The number of hydrogen-bond donors (Lipinski definition) is 2. The average Bonchev–Trinajstić information content (AvgIpc) is 2.79. The second kappa shape index (κ2) is 7.19. The van der Waals surface area contributed by atoms with E-state index in [0.717, 1.165) is 23.0 Å². The molecule has 0 bridgehead atoms. The summed E-state index contributed by atoms with van der Waals surface area (Å²) in [6.45, 7) is 0. The van der Waals surface area contributed by atoms with Gasteiger partial charge in [0.2, 0.25) is 5.91 Å². The number of hydrogen-bond acceptors (Lipinski definition) is 6. The number of nitrogens with one attached hydrogen (secondary N) is 2. The van der Waals surface area contributed by atoms with Gasteiger partial charge in [0, 0.05) is 12.4 Å². The summed E-state index contributed by atoms with van der Waals surface area (Å²) in [5.41, 5.74) is 2.04. The Bertz CT molecular complexity index is 625. The number of rotatable bonds is 5. The summed E-state index contributed by atoms with van der Waals surface area (Å²) >= 11 is 1.04. The van der Waals surface area contributed by atoms with Crippen LogP contribution in [0.1, 0.15) is 12.0 Å². The van der Waals surface area contributed by atoms with Gasteiger partial charge in [-0.1, -0.05) is 11.8 Å². The molecule has 7 nitrogen and oxygen atoms in total. The highest BCUT2D eigenvalue weighted by atomic mass is 32.2. The second-order valence-electron chi connectivity index (χ2n) is 4.94. The molecule has 8 heteroatoms. The van der Waals surface area contributed by atoms with Gasteiger partial charge < -0.3 is 20.1 Å². The van der Waals surface area contributed by atoms with Gasteiger partial charge in [-0.15, -0.1) is 5.10 Å². The number of carbonyl (C=O) groups is 2. The number of amides is 1. The maximum absolute atomic E-state index is 11.5. The molecule has 1 amide bonds. The molecule has 1 aliphatic heterocycles. The molecule has 1 saturated heterocycles. The van der Waals surface area contributed by atoms with Crippen molar-refractivity contribution in [2.45, 2.75) is 11.7 Å². The van der Waals surface area contributed by atoms with Crippen molar-refractivity contribution < 1.29 is 19.6 Å². The SMILES string of the molecule is C[NH+](C)c1ccc(C=N/N=C2\NC(=O)C(CC(=O)[O-])S2)cc1. The Kier molecular flexibility index (Phi) is 5.29. The lowest BCUT2D eigenvalue weighted by molar-refractivity contribution is -0.786. The third-order valence-electron chi connectivity index (χ3n) is 2.97. The molecule has 1 unspecified atom stereocenters. The van der Waals surface area contributed by atoms with Gasteiger partial charge in [0.1, 0.15) is 5.69 Å². The normalized spacial score (nSPS) is 20.0. The Morgan fingerprint density at radius 1 is 1.41 bits per heavy atom. The Labute approximate surface area is 132 Å². The van der Waals surface area contributed by atoms with Crippen LogP contribution in [0.25, 0.3) is 0 Å². The molecule has 1 aromatic carbocycles. The fourth-order valence-corrected chi connectivity index (χ4v) is 2.70. The van der Waals surface area contributed by atoms with Crippen molar-refractivity contribution in [3.8, 4) is 0 Å². The minimum Gasteiger partial charge on any atom is -0.550 e. The van der Waals surface area contributed by atoms with Crippen molar-refractivity contribution in [3.05, 3.63) is 29.8 Å². The van der Waals surface area contributed by atoms with Crippen molar-refractivity contribution in [1.29, 1.82) is 0 Å². The molecule has 22 heavy (non-hydrogen) atoms. The molecule has 1 fully saturated rings. The first kappa shape index (κ1) is 16.2. The van der Waals surface area contributed by atoms with Crippen LogP contribution in [0.2, 0.25) is 0 Å². The van der Waals surface area contributed by atoms with Gasteiger partial charge in [0.25, 0.3) is 0 Å². The fourth-order valence-electron chi connectivity index (χ4n) is 1.79. The minimum absolute atomic E-state index is 0.293. The van der Waals surface area contributed by atoms with E-state index >= 15 is 0 Å². The Balaban J connectivity index is 1.96. The van der Waals surface area contributed by atoms with E-state index in [0.29, 0.717) is 5.17 Å². The van der Waals surface area contributed by atoms with Crippen LogP contribution in [0.3, 0.4) is 0 Å². The third kappa shape index (κ3) is 4.40. The first-order valence-electron chi connectivity index (χ1n) is 6.64. The molecule has 2 rings (SSSR count). The third-order valence-corrected chi connectivity index (χ3v) is 4.04. The van der Waals surface area contributed by atoms with Crippen molar-refractivity contribution in [3.63, 3.8) is 0 Å². The van der Waals surface area contributed by atoms with Crippen LogP contribution < -0.4 is 15.3 Å². The fraction of sp³-hybridized carbons (Fsp3) is 0.286. The van der Waals surface area contributed by atoms with Gasteiger partial charge in [-0.05, 0) is 29.8 Å². The summed E-state index contributed by atoms with van der Waals surface area (Å²) in [4.78, 5) is 23.2. The van der Waals surface area contributed by atoms with Crippen LogP contribution >= 0.6 is 11.8 Å². The zero-order chi connectivity index (χ0) is 16.1. The number of carboxylic acid groups (broad SMARTS) is 1. The Morgan fingerprint density at radius 3 is 2.68 bits per heavy atom. The predicted octanol–water partition coefficient (Wildman–Crippen LogP) is -1.48. The maximum atomic E-state index is 11.5. The number of nitrogens with zero attached hydrogens (tertiary/aromatic N) is 2. The zero-order valence-corrected chi connectivity index (χ0v) is 13.0. The highest BCUT2D eigenvalue weighted by molar-refractivity contribution is 8.15. The molecule has 0 spiro atoms. The summed E-state index contributed by atoms with van der Waals surface area (Å²) in [6, 6.07) is 7.83. The highest BCUT2D eigenvalue weighted by Crippen LogP contribution is 2.21. The van der Waals surface area contributed by atoms with Crippen LogP contribution in [-0.4, -0.2) is 42.6 Å². The summed E-state index contributed by atoms with van der Waals surface area (Å²) in [7, 11) is 4.08. The lowest BCUT2D eigenvalue weighted by Crippen LogP contribution is -3.00. The molecule has 0 radical (unpaired) electrons. The molecule has 0 aliphatic carbocycles. The van der Waals surface area contributed by atoms with Crippen LogP contribution in [0, 0.1) is 0 Å². The van der Waals surface area contributed by atoms with Gasteiger partial charge in [-0.3, -0.25) is 4.79 Å². The number of aliphatic carboxylic acids is 1. The number of amidine groups is 1. The smallest absolute Gasteiger partial charge is 0.239 e. The van der Waals surface area contributed by atoms with Gasteiger partial charge in [0.05, 0.1) is 25.6 Å². The van der Waals surface area contributed by atoms with E-state index in [1.807, 2.05) is 38.4 Å². The average molecular weight is 320 g/mol. The lowest BCUT2D eigenvalue weighted by atomic mass is 10.2. The number of benzene rings is 1.